The van der Waals surface area contributed by atoms with Crippen molar-refractivity contribution in [3.05, 3.63) is 23.5 Å². The second-order valence-electron chi connectivity index (χ2n) is 4.98. The molecule has 1 aliphatic heterocycles. The Morgan fingerprint density at radius 1 is 1.63 bits per heavy atom. The van der Waals surface area contributed by atoms with E-state index in [0.29, 0.717) is 12.2 Å². The molecule has 1 aliphatic rings. The highest BCUT2D eigenvalue weighted by atomic mass is 32.2. The Morgan fingerprint density at radius 3 is 2.95 bits per heavy atom. The molecule has 0 aromatic heterocycles. The minimum Gasteiger partial charge on any atom is -0.478 e. The summed E-state index contributed by atoms with van der Waals surface area (Å²) in [4.78, 5) is 10.8. The van der Waals surface area contributed by atoms with Crippen molar-refractivity contribution in [2.75, 3.05) is 23.3 Å². The van der Waals surface area contributed by atoms with Crippen LogP contribution in [-0.4, -0.2) is 28.1 Å². The zero-order chi connectivity index (χ0) is 14.0. The molecule has 0 aliphatic carbocycles. The van der Waals surface area contributed by atoms with Gasteiger partial charge in [0.15, 0.2) is 0 Å². The third kappa shape index (κ3) is 3.12. The van der Waals surface area contributed by atoms with Gasteiger partial charge < -0.3 is 16.2 Å². The van der Waals surface area contributed by atoms with Gasteiger partial charge >= 0.3 is 5.97 Å². The molecule has 1 atom stereocenters. The van der Waals surface area contributed by atoms with E-state index in [9.17, 15) is 9.18 Å². The number of rotatable bonds is 4. The van der Waals surface area contributed by atoms with Crippen molar-refractivity contribution < 1.29 is 14.3 Å². The highest BCUT2D eigenvalue weighted by molar-refractivity contribution is 8.00. The highest BCUT2D eigenvalue weighted by Crippen LogP contribution is 2.38. The Balaban J connectivity index is 2.13. The van der Waals surface area contributed by atoms with Crippen LogP contribution in [0.3, 0.4) is 0 Å². The Morgan fingerprint density at radius 2 is 2.37 bits per heavy atom. The summed E-state index contributed by atoms with van der Waals surface area (Å²) in [5.74, 6) is -0.942. The maximum absolute atomic E-state index is 13.6. The Labute approximate surface area is 115 Å². The van der Waals surface area contributed by atoms with E-state index in [4.69, 9.17) is 10.8 Å². The van der Waals surface area contributed by atoms with Gasteiger partial charge in [0.2, 0.25) is 0 Å². The van der Waals surface area contributed by atoms with Crippen molar-refractivity contribution in [3.8, 4) is 0 Å². The summed E-state index contributed by atoms with van der Waals surface area (Å²) in [6, 6.07) is 2.31. The fourth-order valence-electron chi connectivity index (χ4n) is 2.17. The van der Waals surface area contributed by atoms with Crippen LogP contribution < -0.4 is 11.1 Å². The topological polar surface area (TPSA) is 75.3 Å². The number of nitrogens with one attached hydrogen (secondary N) is 1. The SMILES string of the molecule is CC1(CNc2cc(F)c(C(=O)O)cc2N)CCCS1. The molecule has 0 spiro atoms. The molecule has 1 fully saturated rings. The molecule has 1 aromatic rings. The van der Waals surface area contributed by atoms with Gasteiger partial charge in [0.25, 0.3) is 0 Å². The number of hydrogen-bond donors (Lipinski definition) is 3. The lowest BCUT2D eigenvalue weighted by atomic mass is 10.1. The molecule has 1 saturated heterocycles. The number of nitrogen functional groups attached to an aromatic ring is 1. The first-order valence-corrected chi connectivity index (χ1v) is 7.10. The smallest absolute Gasteiger partial charge is 0.338 e. The summed E-state index contributed by atoms with van der Waals surface area (Å²) in [7, 11) is 0. The van der Waals surface area contributed by atoms with Crippen molar-refractivity contribution in [1.82, 2.24) is 0 Å². The minimum absolute atomic E-state index is 0.133. The highest BCUT2D eigenvalue weighted by Gasteiger charge is 2.29. The summed E-state index contributed by atoms with van der Waals surface area (Å²) in [5.41, 5.74) is 6.07. The molecule has 0 amide bonds. The average Bonchev–Trinajstić information content (AvgIpc) is 2.77. The maximum Gasteiger partial charge on any atom is 0.338 e. The fraction of sp³-hybridized carbons (Fsp3) is 0.462. The van der Waals surface area contributed by atoms with E-state index in [-0.39, 0.29) is 10.4 Å². The number of hydrogen-bond acceptors (Lipinski definition) is 4. The molecule has 2 rings (SSSR count). The first-order valence-electron chi connectivity index (χ1n) is 6.11. The van der Waals surface area contributed by atoms with Crippen molar-refractivity contribution in [2.45, 2.75) is 24.5 Å². The molecule has 104 valence electrons. The van der Waals surface area contributed by atoms with Crippen LogP contribution in [0.1, 0.15) is 30.1 Å². The number of carbonyl (C=O) groups is 1. The van der Waals surface area contributed by atoms with Gasteiger partial charge in [0, 0.05) is 11.3 Å². The third-order valence-corrected chi connectivity index (χ3v) is 4.86. The molecule has 1 heterocycles. The van der Waals surface area contributed by atoms with E-state index in [1.807, 2.05) is 11.8 Å². The number of thioether (sulfide) groups is 1. The number of aromatic carboxylic acids is 1. The Hall–Kier alpha value is -1.43. The Bertz CT molecular complexity index is 502. The monoisotopic (exact) mass is 284 g/mol. The van der Waals surface area contributed by atoms with Crippen LogP contribution >= 0.6 is 11.8 Å². The quantitative estimate of drug-likeness (QED) is 0.741. The summed E-state index contributed by atoms with van der Waals surface area (Å²) in [5, 5.41) is 11.9. The maximum atomic E-state index is 13.6. The fourth-order valence-corrected chi connectivity index (χ4v) is 3.41. The molecule has 0 radical (unpaired) electrons. The van der Waals surface area contributed by atoms with E-state index in [1.54, 1.807) is 0 Å². The third-order valence-electron chi connectivity index (χ3n) is 3.32. The van der Waals surface area contributed by atoms with Gasteiger partial charge in [-0.1, -0.05) is 0 Å². The molecule has 4 N–H and O–H groups in total. The van der Waals surface area contributed by atoms with Crippen LogP contribution in [0.25, 0.3) is 0 Å². The number of anilines is 2. The zero-order valence-corrected chi connectivity index (χ0v) is 11.5. The predicted octanol–water partition coefficient (Wildman–Crippen LogP) is 2.80. The number of nitrogens with two attached hydrogens (primary N) is 1. The van der Waals surface area contributed by atoms with Crippen molar-refractivity contribution in [2.24, 2.45) is 0 Å². The molecule has 6 heteroatoms. The van der Waals surface area contributed by atoms with Crippen LogP contribution in [0, 0.1) is 5.82 Å². The van der Waals surface area contributed by atoms with Crippen LogP contribution in [0.2, 0.25) is 0 Å². The largest absolute Gasteiger partial charge is 0.478 e. The summed E-state index contributed by atoms with van der Waals surface area (Å²) >= 11 is 1.89. The zero-order valence-electron chi connectivity index (χ0n) is 10.7. The molecule has 1 aromatic carbocycles. The molecule has 0 bridgehead atoms. The van der Waals surface area contributed by atoms with Gasteiger partial charge in [-0.15, -0.1) is 0 Å². The van der Waals surface area contributed by atoms with Gasteiger partial charge in [-0.3, -0.25) is 0 Å². The Kier molecular flexibility index (Phi) is 3.89. The summed E-state index contributed by atoms with van der Waals surface area (Å²) < 4.78 is 13.7. The van der Waals surface area contributed by atoms with Crippen LogP contribution in [-0.2, 0) is 0 Å². The van der Waals surface area contributed by atoms with E-state index in [1.165, 1.54) is 6.42 Å². The molecule has 1 unspecified atom stereocenters. The average molecular weight is 284 g/mol. The number of carboxylic acids is 1. The van der Waals surface area contributed by atoms with E-state index >= 15 is 0 Å². The van der Waals surface area contributed by atoms with Crippen LogP contribution in [0.5, 0.6) is 0 Å². The van der Waals surface area contributed by atoms with Crippen molar-refractivity contribution in [1.29, 1.82) is 0 Å². The molecular weight excluding hydrogens is 267 g/mol. The second-order valence-corrected chi connectivity index (χ2v) is 6.66. The standard InChI is InChI=1S/C13H17FN2O2S/c1-13(3-2-4-19-13)7-16-11-6-9(14)8(12(17)18)5-10(11)15/h5-6,16H,2-4,7,15H2,1H3,(H,17,18). The van der Waals surface area contributed by atoms with Gasteiger partial charge in [-0.2, -0.15) is 11.8 Å². The van der Waals surface area contributed by atoms with Gasteiger partial charge in [-0.25, -0.2) is 9.18 Å². The summed E-state index contributed by atoms with van der Waals surface area (Å²) in [6.45, 7) is 2.85. The van der Waals surface area contributed by atoms with Gasteiger partial charge in [0.05, 0.1) is 16.9 Å². The lowest BCUT2D eigenvalue weighted by Crippen LogP contribution is -2.27. The van der Waals surface area contributed by atoms with Crippen molar-refractivity contribution in [3.63, 3.8) is 0 Å². The van der Waals surface area contributed by atoms with E-state index < -0.39 is 17.3 Å². The molecular formula is C13H17FN2O2S. The minimum atomic E-state index is -1.31. The molecule has 4 nitrogen and oxygen atoms in total. The van der Waals surface area contributed by atoms with Crippen LogP contribution in [0.4, 0.5) is 15.8 Å². The summed E-state index contributed by atoms with van der Waals surface area (Å²) in [6.07, 6.45) is 2.30. The molecule has 0 saturated carbocycles. The van der Waals surface area contributed by atoms with Gasteiger partial charge in [0.1, 0.15) is 5.82 Å². The normalized spacial score (nSPS) is 22.4. The van der Waals surface area contributed by atoms with E-state index in [0.717, 1.165) is 24.3 Å². The second kappa shape index (κ2) is 5.28. The number of benzene rings is 1. The van der Waals surface area contributed by atoms with Crippen LogP contribution in [0.15, 0.2) is 12.1 Å². The first-order chi connectivity index (χ1) is 8.91. The number of carboxylic acid groups (broad SMARTS) is 1. The predicted molar refractivity (Wildman–Crippen MR) is 76.4 cm³/mol. The first kappa shape index (κ1) is 14.0. The van der Waals surface area contributed by atoms with Crippen molar-refractivity contribution >= 4 is 29.1 Å². The lowest BCUT2D eigenvalue weighted by molar-refractivity contribution is 0.0692. The molecule has 19 heavy (non-hydrogen) atoms. The van der Waals surface area contributed by atoms with Gasteiger partial charge in [-0.05, 0) is 37.7 Å². The lowest BCUT2D eigenvalue weighted by Gasteiger charge is -2.24. The van der Waals surface area contributed by atoms with E-state index in [2.05, 4.69) is 12.2 Å². The number of halogens is 1.